The summed E-state index contributed by atoms with van der Waals surface area (Å²) in [5, 5.41) is 1.09. The zero-order valence-electron chi connectivity index (χ0n) is 10.7. The molecule has 0 radical (unpaired) electrons. The first-order chi connectivity index (χ1) is 7.96. The maximum absolute atomic E-state index is 13.5. The lowest BCUT2D eigenvalue weighted by molar-refractivity contribution is 0.315. The van der Waals surface area contributed by atoms with Crippen molar-refractivity contribution in [2.24, 2.45) is 5.41 Å². The van der Waals surface area contributed by atoms with E-state index in [9.17, 15) is 4.39 Å². The largest absolute Gasteiger partial charge is 0.358 e. The average molecular weight is 231 g/mol. The molecule has 90 valence electrons. The smallest absolute Gasteiger partial charge is 0.124 e. The van der Waals surface area contributed by atoms with E-state index in [0.717, 1.165) is 29.3 Å². The first kappa shape index (κ1) is 10.8. The Morgan fingerprint density at radius 3 is 2.82 bits per heavy atom. The van der Waals surface area contributed by atoms with Crippen molar-refractivity contribution < 1.29 is 4.39 Å². The van der Waals surface area contributed by atoms with Crippen LogP contribution in [0.1, 0.15) is 37.1 Å². The third-order valence-electron chi connectivity index (χ3n) is 3.97. The van der Waals surface area contributed by atoms with Gasteiger partial charge in [-0.05, 0) is 54.9 Å². The molecule has 3 rings (SSSR count). The Kier molecular flexibility index (Phi) is 2.13. The fourth-order valence-corrected chi connectivity index (χ4v) is 2.98. The molecule has 0 atom stereocenters. The van der Waals surface area contributed by atoms with Gasteiger partial charge in [0.05, 0.1) is 0 Å². The Morgan fingerprint density at radius 1 is 1.29 bits per heavy atom. The van der Waals surface area contributed by atoms with E-state index in [0.29, 0.717) is 5.41 Å². The predicted octanol–water partition coefficient (Wildman–Crippen LogP) is 4.13. The van der Waals surface area contributed by atoms with Crippen molar-refractivity contribution in [1.29, 1.82) is 0 Å². The average Bonchev–Trinajstić information content (AvgIpc) is 2.55. The number of hydrogen-bond acceptors (Lipinski definition) is 0. The Hall–Kier alpha value is -1.31. The lowest BCUT2D eigenvalue weighted by atomic mass is 9.76. The number of hydrogen-bond donors (Lipinski definition) is 1. The molecule has 1 aromatic carbocycles. The summed E-state index contributed by atoms with van der Waals surface area (Å²) in [6, 6.07) is 3.29. The van der Waals surface area contributed by atoms with Gasteiger partial charge in [-0.2, -0.15) is 0 Å². The molecule has 1 heterocycles. The van der Waals surface area contributed by atoms with Crippen molar-refractivity contribution in [3.8, 4) is 0 Å². The van der Waals surface area contributed by atoms with Gasteiger partial charge in [0.25, 0.3) is 0 Å². The molecule has 0 saturated carbocycles. The summed E-state index contributed by atoms with van der Waals surface area (Å²) in [5.41, 5.74) is 5.11. The van der Waals surface area contributed by atoms with Crippen LogP contribution in [-0.4, -0.2) is 4.98 Å². The summed E-state index contributed by atoms with van der Waals surface area (Å²) in [6.07, 6.45) is 3.33. The van der Waals surface area contributed by atoms with Gasteiger partial charge >= 0.3 is 0 Å². The van der Waals surface area contributed by atoms with Crippen molar-refractivity contribution in [3.05, 3.63) is 34.8 Å². The lowest BCUT2D eigenvalue weighted by Crippen LogP contribution is -2.21. The second-order valence-electron chi connectivity index (χ2n) is 6.07. The van der Waals surface area contributed by atoms with E-state index in [1.165, 1.54) is 17.7 Å². The lowest BCUT2D eigenvalue weighted by Gasteiger charge is -2.29. The van der Waals surface area contributed by atoms with Gasteiger partial charge in [-0.1, -0.05) is 13.8 Å². The molecule has 1 aliphatic carbocycles. The second kappa shape index (κ2) is 3.34. The molecule has 2 aromatic rings. The highest BCUT2D eigenvalue weighted by Gasteiger charge is 2.28. The van der Waals surface area contributed by atoms with Crippen LogP contribution in [0, 0.1) is 18.2 Å². The van der Waals surface area contributed by atoms with Crippen molar-refractivity contribution >= 4 is 10.9 Å². The summed E-state index contributed by atoms with van der Waals surface area (Å²) in [7, 11) is 0. The number of benzene rings is 1. The van der Waals surface area contributed by atoms with E-state index in [-0.39, 0.29) is 5.82 Å². The zero-order chi connectivity index (χ0) is 12.2. The summed E-state index contributed by atoms with van der Waals surface area (Å²) in [5.74, 6) is -0.125. The Bertz CT molecular complexity index is 592. The molecule has 1 aromatic heterocycles. The molecule has 17 heavy (non-hydrogen) atoms. The minimum atomic E-state index is -0.125. The monoisotopic (exact) mass is 231 g/mol. The molecule has 1 N–H and O–H groups in total. The maximum Gasteiger partial charge on any atom is 0.124 e. The van der Waals surface area contributed by atoms with Crippen LogP contribution in [0.15, 0.2) is 12.1 Å². The van der Waals surface area contributed by atoms with E-state index in [1.807, 2.05) is 6.92 Å². The Balaban J connectivity index is 2.28. The van der Waals surface area contributed by atoms with Crippen LogP contribution in [0.25, 0.3) is 10.9 Å². The number of aromatic nitrogens is 1. The first-order valence-electron chi connectivity index (χ1n) is 6.26. The zero-order valence-corrected chi connectivity index (χ0v) is 10.7. The number of aryl methyl sites for hydroxylation is 2. The van der Waals surface area contributed by atoms with Crippen LogP contribution in [0.4, 0.5) is 4.39 Å². The highest BCUT2D eigenvalue weighted by atomic mass is 19.1. The number of aromatic amines is 1. The number of H-pyrrole nitrogens is 1. The number of nitrogens with one attached hydrogen (secondary N) is 1. The van der Waals surface area contributed by atoms with E-state index >= 15 is 0 Å². The standard InChI is InChI=1S/C15H18FN/c1-9-6-10(16)7-11-12-8-15(2,3)5-4-13(12)17-14(9)11/h6-7,17H,4-5,8H2,1-3H3. The SMILES string of the molecule is Cc1cc(F)cc2c3c([nH]c12)CCC(C)(C)C3. The first-order valence-corrected chi connectivity index (χ1v) is 6.26. The molecular weight excluding hydrogens is 213 g/mol. The number of halogens is 1. The molecular formula is C15H18FN. The Labute approximate surface area is 101 Å². The van der Waals surface area contributed by atoms with Gasteiger partial charge in [0.15, 0.2) is 0 Å². The van der Waals surface area contributed by atoms with Crippen molar-refractivity contribution in [3.63, 3.8) is 0 Å². The quantitative estimate of drug-likeness (QED) is 0.701. The molecule has 1 nitrogen and oxygen atoms in total. The van der Waals surface area contributed by atoms with Gasteiger partial charge in [0.2, 0.25) is 0 Å². The third kappa shape index (κ3) is 1.67. The van der Waals surface area contributed by atoms with E-state index in [4.69, 9.17) is 0 Å². The summed E-state index contributed by atoms with van der Waals surface area (Å²) in [6.45, 7) is 6.56. The fourth-order valence-electron chi connectivity index (χ4n) is 2.98. The summed E-state index contributed by atoms with van der Waals surface area (Å²) in [4.78, 5) is 3.48. The van der Waals surface area contributed by atoms with E-state index in [2.05, 4.69) is 18.8 Å². The molecule has 0 spiro atoms. The van der Waals surface area contributed by atoms with Gasteiger partial charge < -0.3 is 4.98 Å². The molecule has 0 bridgehead atoms. The van der Waals surface area contributed by atoms with Crippen molar-refractivity contribution in [1.82, 2.24) is 4.98 Å². The minimum Gasteiger partial charge on any atom is -0.358 e. The Morgan fingerprint density at radius 2 is 2.06 bits per heavy atom. The van der Waals surface area contributed by atoms with Gasteiger partial charge in [-0.25, -0.2) is 4.39 Å². The molecule has 0 fully saturated rings. The van der Waals surface area contributed by atoms with Gasteiger partial charge in [0.1, 0.15) is 5.82 Å². The second-order valence-corrected chi connectivity index (χ2v) is 6.07. The van der Waals surface area contributed by atoms with Crippen LogP contribution < -0.4 is 0 Å². The van der Waals surface area contributed by atoms with Gasteiger partial charge in [0, 0.05) is 16.6 Å². The normalized spacial score (nSPS) is 18.4. The van der Waals surface area contributed by atoms with Crippen LogP contribution >= 0.6 is 0 Å². The van der Waals surface area contributed by atoms with E-state index < -0.39 is 0 Å². The topological polar surface area (TPSA) is 15.8 Å². The highest BCUT2D eigenvalue weighted by Crippen LogP contribution is 2.39. The van der Waals surface area contributed by atoms with Crippen LogP contribution in [0.2, 0.25) is 0 Å². The molecule has 0 unspecified atom stereocenters. The predicted molar refractivity (Wildman–Crippen MR) is 68.8 cm³/mol. The van der Waals surface area contributed by atoms with E-state index in [1.54, 1.807) is 12.1 Å². The van der Waals surface area contributed by atoms with Crippen molar-refractivity contribution in [2.45, 2.75) is 40.0 Å². The molecule has 1 aliphatic rings. The van der Waals surface area contributed by atoms with Gasteiger partial charge in [-0.15, -0.1) is 0 Å². The van der Waals surface area contributed by atoms with Gasteiger partial charge in [-0.3, -0.25) is 0 Å². The molecule has 0 aliphatic heterocycles. The third-order valence-corrected chi connectivity index (χ3v) is 3.97. The van der Waals surface area contributed by atoms with Crippen molar-refractivity contribution in [2.75, 3.05) is 0 Å². The number of rotatable bonds is 0. The van der Waals surface area contributed by atoms with Crippen LogP contribution in [-0.2, 0) is 12.8 Å². The minimum absolute atomic E-state index is 0.125. The van der Waals surface area contributed by atoms with Crippen LogP contribution in [0.5, 0.6) is 0 Å². The number of fused-ring (bicyclic) bond motifs is 3. The molecule has 2 heteroatoms. The van der Waals surface area contributed by atoms with Crippen LogP contribution in [0.3, 0.4) is 0 Å². The fraction of sp³-hybridized carbons (Fsp3) is 0.467. The maximum atomic E-state index is 13.5. The highest BCUT2D eigenvalue weighted by molar-refractivity contribution is 5.87. The molecule has 0 saturated heterocycles. The summed E-state index contributed by atoms with van der Waals surface area (Å²) < 4.78 is 13.5. The molecule has 0 amide bonds. The summed E-state index contributed by atoms with van der Waals surface area (Å²) >= 11 is 0.